The highest BCUT2D eigenvalue weighted by Crippen LogP contribution is 2.27. The van der Waals surface area contributed by atoms with Gasteiger partial charge in [0.05, 0.1) is 6.61 Å². The summed E-state index contributed by atoms with van der Waals surface area (Å²) < 4.78 is 5.71. The minimum atomic E-state index is 0.0202. The first-order valence-corrected chi connectivity index (χ1v) is 6.83. The summed E-state index contributed by atoms with van der Waals surface area (Å²) >= 11 is 12.2. The molecule has 1 aromatic carbocycles. The van der Waals surface area contributed by atoms with Gasteiger partial charge in [-0.2, -0.15) is 0 Å². The van der Waals surface area contributed by atoms with Crippen molar-refractivity contribution < 1.29 is 9.84 Å². The Bertz CT molecular complexity index is 559. The maximum atomic E-state index is 8.83. The Morgan fingerprint density at radius 1 is 1.15 bits per heavy atom. The maximum absolute atomic E-state index is 8.83. The summed E-state index contributed by atoms with van der Waals surface area (Å²) in [5.41, 5.74) is 0.729. The Kier molecular flexibility index (Phi) is 5.47. The second kappa shape index (κ2) is 7.33. The first-order valence-electron chi connectivity index (χ1n) is 6.08. The summed E-state index contributed by atoms with van der Waals surface area (Å²) in [5.74, 6) is 1.15. The van der Waals surface area contributed by atoms with Gasteiger partial charge < -0.3 is 15.2 Å². The monoisotopic (exact) mass is 312 g/mol. The van der Waals surface area contributed by atoms with Gasteiger partial charge in [-0.05, 0) is 24.3 Å². The minimum absolute atomic E-state index is 0.0202. The molecule has 1 heterocycles. The van der Waals surface area contributed by atoms with Crippen molar-refractivity contribution in [2.45, 2.75) is 6.61 Å². The van der Waals surface area contributed by atoms with E-state index in [1.807, 2.05) is 0 Å². The van der Waals surface area contributed by atoms with Crippen LogP contribution in [0.4, 0.5) is 5.82 Å². The molecule has 0 unspecified atom stereocenters. The molecule has 0 amide bonds. The van der Waals surface area contributed by atoms with Crippen LogP contribution in [-0.4, -0.2) is 23.2 Å². The van der Waals surface area contributed by atoms with Gasteiger partial charge in [-0.25, -0.2) is 4.98 Å². The molecule has 2 aromatic rings. The zero-order valence-corrected chi connectivity index (χ0v) is 12.2. The van der Waals surface area contributed by atoms with Gasteiger partial charge in [-0.1, -0.05) is 29.3 Å². The largest absolute Gasteiger partial charge is 0.485 e. The number of aliphatic hydroxyl groups is 1. The van der Waals surface area contributed by atoms with Crippen LogP contribution < -0.4 is 10.1 Å². The van der Waals surface area contributed by atoms with Gasteiger partial charge in [0, 0.05) is 28.4 Å². The lowest BCUT2D eigenvalue weighted by Crippen LogP contribution is -2.09. The first-order chi connectivity index (χ1) is 9.72. The molecule has 106 valence electrons. The summed E-state index contributed by atoms with van der Waals surface area (Å²) in [7, 11) is 0. The fraction of sp³-hybridized carbons (Fsp3) is 0.214. The summed E-state index contributed by atoms with van der Waals surface area (Å²) in [6.45, 7) is 0.671. The third kappa shape index (κ3) is 3.76. The molecule has 0 saturated carbocycles. The molecule has 0 atom stereocenters. The van der Waals surface area contributed by atoms with E-state index in [2.05, 4.69) is 10.3 Å². The van der Waals surface area contributed by atoms with Crippen LogP contribution in [0, 0.1) is 0 Å². The van der Waals surface area contributed by atoms with Crippen LogP contribution in [-0.2, 0) is 6.61 Å². The summed E-state index contributed by atoms with van der Waals surface area (Å²) in [6.07, 6.45) is 1.65. The van der Waals surface area contributed by atoms with Crippen LogP contribution in [0.3, 0.4) is 0 Å². The lowest BCUT2D eigenvalue weighted by molar-refractivity contribution is 0.303. The fourth-order valence-corrected chi connectivity index (χ4v) is 2.14. The molecule has 4 nitrogen and oxygen atoms in total. The Morgan fingerprint density at radius 3 is 2.60 bits per heavy atom. The van der Waals surface area contributed by atoms with E-state index in [1.165, 1.54) is 0 Å². The number of pyridine rings is 1. The number of halogens is 2. The Morgan fingerprint density at radius 2 is 1.90 bits per heavy atom. The second-order valence-corrected chi connectivity index (χ2v) is 4.80. The van der Waals surface area contributed by atoms with Crippen molar-refractivity contribution >= 4 is 29.0 Å². The van der Waals surface area contributed by atoms with Gasteiger partial charge in [0.2, 0.25) is 0 Å². The van der Waals surface area contributed by atoms with Gasteiger partial charge in [0.25, 0.3) is 0 Å². The van der Waals surface area contributed by atoms with E-state index in [-0.39, 0.29) is 13.2 Å². The molecule has 1 aromatic heterocycles. The third-order valence-corrected chi connectivity index (χ3v) is 3.32. The zero-order chi connectivity index (χ0) is 14.4. The van der Waals surface area contributed by atoms with Crippen LogP contribution >= 0.6 is 23.2 Å². The smallest absolute Gasteiger partial charge is 0.168 e. The van der Waals surface area contributed by atoms with Crippen molar-refractivity contribution in [2.24, 2.45) is 0 Å². The molecule has 0 aliphatic rings. The zero-order valence-electron chi connectivity index (χ0n) is 10.6. The lowest BCUT2D eigenvalue weighted by atomic mass is 10.2. The van der Waals surface area contributed by atoms with E-state index >= 15 is 0 Å². The molecule has 0 fully saturated rings. The highest BCUT2D eigenvalue weighted by atomic mass is 35.5. The quantitative estimate of drug-likeness (QED) is 0.858. The molecule has 2 N–H and O–H groups in total. The molecule has 6 heteroatoms. The number of aliphatic hydroxyl groups excluding tert-OH is 1. The van der Waals surface area contributed by atoms with Crippen molar-refractivity contribution in [3.8, 4) is 5.75 Å². The number of hydrogen-bond acceptors (Lipinski definition) is 4. The first kappa shape index (κ1) is 14.9. The second-order valence-electron chi connectivity index (χ2n) is 3.99. The maximum Gasteiger partial charge on any atom is 0.168 e. The predicted molar refractivity (Wildman–Crippen MR) is 80.6 cm³/mol. The Balaban J connectivity index is 2.11. The van der Waals surface area contributed by atoms with Crippen molar-refractivity contribution in [3.63, 3.8) is 0 Å². The summed E-state index contributed by atoms with van der Waals surface area (Å²) in [5, 5.41) is 12.9. The van der Waals surface area contributed by atoms with E-state index in [4.69, 9.17) is 33.0 Å². The number of anilines is 1. The molecule has 2 rings (SSSR count). The van der Waals surface area contributed by atoms with Crippen molar-refractivity contribution in [3.05, 3.63) is 52.1 Å². The van der Waals surface area contributed by atoms with Gasteiger partial charge in [0.15, 0.2) is 11.6 Å². The van der Waals surface area contributed by atoms with E-state index in [9.17, 15) is 0 Å². The van der Waals surface area contributed by atoms with Crippen LogP contribution in [0.15, 0.2) is 36.5 Å². The average Bonchev–Trinajstić information content (AvgIpc) is 2.45. The van der Waals surface area contributed by atoms with Crippen LogP contribution in [0.1, 0.15) is 5.56 Å². The molecule has 20 heavy (non-hydrogen) atoms. The van der Waals surface area contributed by atoms with Crippen LogP contribution in [0.5, 0.6) is 5.75 Å². The number of ether oxygens (including phenoxy) is 1. The third-order valence-electron chi connectivity index (χ3n) is 2.61. The van der Waals surface area contributed by atoms with E-state index < -0.39 is 0 Å². The number of hydrogen-bond donors (Lipinski definition) is 2. The SMILES string of the molecule is OCCNc1ncccc1OCc1c(Cl)cccc1Cl. The topological polar surface area (TPSA) is 54.4 Å². The molecular weight excluding hydrogens is 299 g/mol. The summed E-state index contributed by atoms with van der Waals surface area (Å²) in [4.78, 5) is 4.16. The highest BCUT2D eigenvalue weighted by molar-refractivity contribution is 6.35. The molecule has 0 bridgehead atoms. The molecule has 0 saturated heterocycles. The highest BCUT2D eigenvalue weighted by Gasteiger charge is 2.09. The Labute approximate surface area is 127 Å². The van der Waals surface area contributed by atoms with Crippen molar-refractivity contribution in [1.82, 2.24) is 4.98 Å². The van der Waals surface area contributed by atoms with Gasteiger partial charge in [-0.15, -0.1) is 0 Å². The lowest BCUT2D eigenvalue weighted by Gasteiger charge is -2.13. The molecular formula is C14H14Cl2N2O2. The molecule has 0 aliphatic carbocycles. The number of aromatic nitrogens is 1. The molecule has 0 radical (unpaired) electrons. The van der Waals surface area contributed by atoms with Crippen molar-refractivity contribution in [1.29, 1.82) is 0 Å². The molecule has 0 aliphatic heterocycles. The van der Waals surface area contributed by atoms with E-state index in [0.29, 0.717) is 28.2 Å². The van der Waals surface area contributed by atoms with Crippen LogP contribution in [0.2, 0.25) is 10.0 Å². The number of nitrogens with zero attached hydrogens (tertiary/aromatic N) is 1. The van der Waals surface area contributed by atoms with E-state index in [1.54, 1.807) is 36.5 Å². The molecule has 0 spiro atoms. The van der Waals surface area contributed by atoms with E-state index in [0.717, 1.165) is 5.56 Å². The number of nitrogens with one attached hydrogen (secondary N) is 1. The van der Waals surface area contributed by atoms with Gasteiger partial charge in [0.1, 0.15) is 6.61 Å². The fourth-order valence-electron chi connectivity index (χ4n) is 1.63. The average molecular weight is 313 g/mol. The van der Waals surface area contributed by atoms with Crippen molar-refractivity contribution in [2.75, 3.05) is 18.5 Å². The number of benzene rings is 1. The summed E-state index contributed by atoms with van der Waals surface area (Å²) in [6, 6.07) is 8.87. The van der Waals surface area contributed by atoms with Gasteiger partial charge in [-0.3, -0.25) is 0 Å². The van der Waals surface area contributed by atoms with Gasteiger partial charge >= 0.3 is 0 Å². The number of rotatable bonds is 6. The standard InChI is InChI=1S/C14H14Cl2N2O2/c15-11-3-1-4-12(16)10(11)9-20-13-5-2-6-17-14(13)18-7-8-19/h1-6,19H,7-9H2,(H,17,18). The minimum Gasteiger partial charge on any atom is -0.485 e. The van der Waals surface area contributed by atoms with Crippen LogP contribution in [0.25, 0.3) is 0 Å². The normalized spacial score (nSPS) is 10.3. The Hall–Kier alpha value is -1.49. The predicted octanol–water partition coefficient (Wildman–Crippen LogP) is 3.37.